The number of hydrogen-bond donors (Lipinski definition) is 1. The summed E-state index contributed by atoms with van der Waals surface area (Å²) < 4.78 is 0. The Morgan fingerprint density at radius 2 is 1.81 bits per heavy atom. The lowest BCUT2D eigenvalue weighted by atomic mass is 9.75. The topological polar surface area (TPSA) is 18.5 Å². The van der Waals surface area contributed by atoms with Gasteiger partial charge in [0.05, 0.1) is 0 Å². The van der Waals surface area contributed by atoms with Crippen LogP contribution in [0.3, 0.4) is 0 Å². The lowest BCUT2D eigenvalue weighted by Crippen LogP contribution is -2.59. The van der Waals surface area contributed by atoms with E-state index >= 15 is 0 Å². The first-order valence-corrected chi connectivity index (χ1v) is 9.13. The average Bonchev–Trinajstić information content (AvgIpc) is 2.36. The Morgan fingerprint density at radius 3 is 2.48 bits per heavy atom. The van der Waals surface area contributed by atoms with Gasteiger partial charge in [-0.3, -0.25) is 4.90 Å². The highest BCUT2D eigenvalue weighted by Crippen LogP contribution is 2.37. The monoisotopic (exact) mass is 293 g/mol. The Bertz CT molecular complexity index is 349. The Kier molecular flexibility index (Phi) is 4.63. The molecule has 1 saturated carbocycles. The molecule has 2 aliphatic heterocycles. The molecule has 0 aromatic carbocycles. The van der Waals surface area contributed by atoms with Gasteiger partial charge in [-0.1, -0.05) is 0 Å². The largest absolute Gasteiger partial charge is 0.312 e. The zero-order chi connectivity index (χ0) is 15.0. The molecule has 0 aromatic rings. The van der Waals surface area contributed by atoms with Gasteiger partial charge < -0.3 is 10.2 Å². The number of nitrogens with zero attached hydrogens (tertiary/aromatic N) is 2. The van der Waals surface area contributed by atoms with E-state index in [4.69, 9.17) is 0 Å². The summed E-state index contributed by atoms with van der Waals surface area (Å²) in [6, 6.07) is 1.74. The molecular weight excluding hydrogens is 258 g/mol. The lowest BCUT2D eigenvalue weighted by molar-refractivity contribution is -0.0210. The summed E-state index contributed by atoms with van der Waals surface area (Å²) in [6.45, 7) is 12.1. The second-order valence-electron chi connectivity index (χ2n) is 8.77. The van der Waals surface area contributed by atoms with Crippen LogP contribution < -0.4 is 5.32 Å². The van der Waals surface area contributed by atoms with Crippen molar-refractivity contribution in [2.45, 2.75) is 70.5 Å². The molecule has 2 heterocycles. The molecule has 21 heavy (non-hydrogen) atoms. The van der Waals surface area contributed by atoms with Gasteiger partial charge >= 0.3 is 0 Å². The molecule has 2 saturated heterocycles. The van der Waals surface area contributed by atoms with Crippen LogP contribution in [-0.2, 0) is 0 Å². The zero-order valence-electron chi connectivity index (χ0n) is 14.6. The SMILES string of the molecule is CN1CCCC2CN(C3CCC3CNC(C)(C)C)CCC21. The third-order valence-corrected chi connectivity index (χ3v) is 6.12. The third kappa shape index (κ3) is 3.62. The van der Waals surface area contributed by atoms with Gasteiger partial charge in [0.1, 0.15) is 0 Å². The van der Waals surface area contributed by atoms with Crippen molar-refractivity contribution in [2.24, 2.45) is 11.8 Å². The molecule has 1 aliphatic carbocycles. The molecule has 3 heteroatoms. The minimum absolute atomic E-state index is 0.263. The van der Waals surface area contributed by atoms with Crippen molar-refractivity contribution >= 4 is 0 Å². The predicted molar refractivity (Wildman–Crippen MR) is 89.6 cm³/mol. The number of piperidine rings is 2. The van der Waals surface area contributed by atoms with Gasteiger partial charge in [0, 0.05) is 24.2 Å². The van der Waals surface area contributed by atoms with Crippen molar-refractivity contribution in [2.75, 3.05) is 33.2 Å². The Hall–Kier alpha value is -0.120. The summed E-state index contributed by atoms with van der Waals surface area (Å²) in [7, 11) is 2.34. The molecule has 3 fully saturated rings. The van der Waals surface area contributed by atoms with E-state index in [-0.39, 0.29) is 5.54 Å². The summed E-state index contributed by atoms with van der Waals surface area (Å²) in [5.74, 6) is 1.83. The van der Waals surface area contributed by atoms with E-state index in [9.17, 15) is 0 Å². The van der Waals surface area contributed by atoms with E-state index in [0.717, 1.165) is 23.9 Å². The maximum atomic E-state index is 3.72. The van der Waals surface area contributed by atoms with Crippen LogP contribution in [0.5, 0.6) is 0 Å². The van der Waals surface area contributed by atoms with Crippen LogP contribution in [0.1, 0.15) is 52.9 Å². The van der Waals surface area contributed by atoms with Crippen LogP contribution in [0.2, 0.25) is 0 Å². The van der Waals surface area contributed by atoms with Crippen molar-refractivity contribution in [1.82, 2.24) is 15.1 Å². The van der Waals surface area contributed by atoms with E-state index in [2.05, 4.69) is 42.9 Å². The predicted octanol–water partition coefficient (Wildman–Crippen LogP) is 2.57. The molecule has 3 nitrogen and oxygen atoms in total. The first-order valence-electron chi connectivity index (χ1n) is 9.13. The first kappa shape index (κ1) is 15.8. The Morgan fingerprint density at radius 1 is 1.00 bits per heavy atom. The van der Waals surface area contributed by atoms with Gasteiger partial charge in [-0.25, -0.2) is 0 Å². The number of hydrogen-bond acceptors (Lipinski definition) is 3. The van der Waals surface area contributed by atoms with E-state index in [1.165, 1.54) is 58.3 Å². The van der Waals surface area contributed by atoms with Gasteiger partial charge in [0.2, 0.25) is 0 Å². The standard InChI is InChI=1S/C18H35N3/c1-18(2,3)19-12-14-7-8-17(14)21-11-9-16-15(13-21)6-5-10-20(16)4/h14-17,19H,5-13H2,1-4H3. The zero-order valence-corrected chi connectivity index (χ0v) is 14.6. The van der Waals surface area contributed by atoms with Crippen LogP contribution in [0.15, 0.2) is 0 Å². The highest BCUT2D eigenvalue weighted by Gasteiger charge is 2.41. The summed E-state index contributed by atoms with van der Waals surface area (Å²) in [4.78, 5) is 5.48. The number of rotatable bonds is 3. The molecule has 3 rings (SSSR count). The second kappa shape index (κ2) is 6.17. The molecule has 0 aromatic heterocycles. The maximum Gasteiger partial charge on any atom is 0.0145 e. The average molecular weight is 293 g/mol. The molecule has 4 unspecified atom stereocenters. The number of nitrogens with one attached hydrogen (secondary N) is 1. The molecular formula is C18H35N3. The van der Waals surface area contributed by atoms with Gasteiger partial charge in [0.25, 0.3) is 0 Å². The Balaban J connectivity index is 1.51. The van der Waals surface area contributed by atoms with Crippen molar-refractivity contribution < 1.29 is 0 Å². The van der Waals surface area contributed by atoms with Gasteiger partial charge in [-0.2, -0.15) is 0 Å². The Labute approximate surface area is 131 Å². The lowest BCUT2D eigenvalue weighted by Gasteiger charge is -2.52. The van der Waals surface area contributed by atoms with Crippen LogP contribution in [0.25, 0.3) is 0 Å². The summed E-state index contributed by atoms with van der Waals surface area (Å²) in [5.41, 5.74) is 0.263. The van der Waals surface area contributed by atoms with Crippen molar-refractivity contribution in [3.63, 3.8) is 0 Å². The summed E-state index contributed by atoms with van der Waals surface area (Å²) >= 11 is 0. The summed E-state index contributed by atoms with van der Waals surface area (Å²) in [6.07, 6.45) is 7.13. The molecule has 0 spiro atoms. The van der Waals surface area contributed by atoms with Crippen molar-refractivity contribution in [3.8, 4) is 0 Å². The highest BCUT2D eigenvalue weighted by molar-refractivity contribution is 4.97. The fourth-order valence-electron chi connectivity index (χ4n) is 4.69. The number of likely N-dealkylation sites (tertiary alicyclic amines) is 2. The second-order valence-corrected chi connectivity index (χ2v) is 8.77. The molecule has 3 aliphatic rings. The van der Waals surface area contributed by atoms with Crippen LogP contribution in [0.4, 0.5) is 0 Å². The summed E-state index contributed by atoms with van der Waals surface area (Å²) in [5, 5.41) is 3.72. The maximum absolute atomic E-state index is 3.72. The molecule has 0 bridgehead atoms. The van der Waals surface area contributed by atoms with E-state index in [0.29, 0.717) is 0 Å². The van der Waals surface area contributed by atoms with Gasteiger partial charge in [-0.15, -0.1) is 0 Å². The third-order valence-electron chi connectivity index (χ3n) is 6.12. The number of fused-ring (bicyclic) bond motifs is 1. The van der Waals surface area contributed by atoms with Gasteiger partial charge in [-0.05, 0) is 91.4 Å². The van der Waals surface area contributed by atoms with E-state index in [1.54, 1.807) is 0 Å². The van der Waals surface area contributed by atoms with Crippen LogP contribution in [0, 0.1) is 11.8 Å². The molecule has 1 N–H and O–H groups in total. The highest BCUT2D eigenvalue weighted by atomic mass is 15.2. The quantitative estimate of drug-likeness (QED) is 0.863. The fourth-order valence-corrected chi connectivity index (χ4v) is 4.69. The smallest absolute Gasteiger partial charge is 0.0145 e. The van der Waals surface area contributed by atoms with Gasteiger partial charge in [0.15, 0.2) is 0 Å². The van der Waals surface area contributed by atoms with Crippen molar-refractivity contribution in [1.29, 1.82) is 0 Å². The molecule has 0 radical (unpaired) electrons. The first-order chi connectivity index (χ1) is 9.94. The molecule has 0 amide bonds. The molecule has 4 atom stereocenters. The minimum Gasteiger partial charge on any atom is -0.312 e. The fraction of sp³-hybridized carbons (Fsp3) is 1.00. The van der Waals surface area contributed by atoms with E-state index in [1.807, 2.05) is 0 Å². The van der Waals surface area contributed by atoms with Crippen molar-refractivity contribution in [3.05, 3.63) is 0 Å². The molecule has 122 valence electrons. The minimum atomic E-state index is 0.263. The normalized spacial score (nSPS) is 38.9. The van der Waals surface area contributed by atoms with E-state index < -0.39 is 0 Å². The van der Waals surface area contributed by atoms with Crippen LogP contribution in [-0.4, -0.2) is 60.6 Å². The van der Waals surface area contributed by atoms with Crippen LogP contribution >= 0.6 is 0 Å².